The minimum absolute atomic E-state index is 0.146. The molecule has 0 bridgehead atoms. The lowest BCUT2D eigenvalue weighted by Crippen LogP contribution is -2.49. The maximum atomic E-state index is 15.0. The number of phenolic OH excluding ortho intramolecular Hbond substituents is 1. The minimum Gasteiger partial charge on any atom is -0.505 e. The molecular formula is C40H30FN3O6. The zero-order valence-electron chi connectivity index (χ0n) is 26.8. The number of fused-ring (bicyclic) bond motifs is 5. The zero-order valence-corrected chi connectivity index (χ0v) is 26.8. The van der Waals surface area contributed by atoms with Crippen molar-refractivity contribution < 1.29 is 33.1 Å². The Morgan fingerprint density at radius 2 is 1.52 bits per heavy atom. The summed E-state index contributed by atoms with van der Waals surface area (Å²) < 4.78 is 20.8. The van der Waals surface area contributed by atoms with Crippen LogP contribution in [-0.2, 0) is 19.2 Å². The van der Waals surface area contributed by atoms with Gasteiger partial charge in [-0.05, 0) is 80.3 Å². The number of rotatable bonds is 4. The van der Waals surface area contributed by atoms with E-state index in [1.165, 1.54) is 15.9 Å². The molecule has 5 aromatic rings. The van der Waals surface area contributed by atoms with Gasteiger partial charge in [-0.15, -0.1) is 0 Å². The number of para-hydroxylation sites is 4. The van der Waals surface area contributed by atoms with Crippen LogP contribution >= 0.6 is 0 Å². The Bertz CT molecular complexity index is 2270. The Kier molecular flexibility index (Phi) is 6.52. The average Bonchev–Trinajstić information content (AvgIpc) is 3.74. The molecule has 6 atom stereocenters. The number of hydrogen-bond donors (Lipinski definition) is 1. The molecule has 1 aromatic heterocycles. The normalized spacial score (nSPS) is 27.4. The Morgan fingerprint density at radius 3 is 2.28 bits per heavy atom. The monoisotopic (exact) mass is 667 g/mol. The topological polar surface area (TPSA) is 121 Å². The molecule has 3 fully saturated rings. The first-order chi connectivity index (χ1) is 24.2. The average molecular weight is 668 g/mol. The highest BCUT2D eigenvalue weighted by Crippen LogP contribution is 2.64. The van der Waals surface area contributed by atoms with E-state index in [1.54, 1.807) is 67.6 Å². The summed E-state index contributed by atoms with van der Waals surface area (Å²) in [5.74, 6) is -6.56. The summed E-state index contributed by atoms with van der Waals surface area (Å²) in [7, 11) is 0. The van der Waals surface area contributed by atoms with Crippen LogP contribution in [0.5, 0.6) is 5.75 Å². The number of oxazole rings is 1. The molecule has 10 heteroatoms. The van der Waals surface area contributed by atoms with Crippen molar-refractivity contribution in [3.8, 4) is 17.2 Å². The third-order valence-electron chi connectivity index (χ3n) is 11.3. The number of carbonyl (C=O) groups excluding carboxylic acids is 4. The predicted octanol–water partition coefficient (Wildman–Crippen LogP) is 6.77. The van der Waals surface area contributed by atoms with Crippen molar-refractivity contribution >= 4 is 46.1 Å². The van der Waals surface area contributed by atoms with Crippen LogP contribution in [0.3, 0.4) is 0 Å². The first-order valence-corrected chi connectivity index (χ1v) is 16.6. The van der Waals surface area contributed by atoms with Gasteiger partial charge in [0.25, 0.3) is 0 Å². The number of benzene rings is 4. The number of anilines is 2. The maximum absolute atomic E-state index is 15.0. The second-order valence-electron chi connectivity index (χ2n) is 13.7. The number of carbonyl (C=O) groups is 4. The predicted molar refractivity (Wildman–Crippen MR) is 181 cm³/mol. The molecule has 4 aliphatic rings. The molecule has 3 heterocycles. The molecule has 2 saturated heterocycles. The molecule has 0 spiro atoms. The van der Waals surface area contributed by atoms with Gasteiger partial charge in [0.05, 0.1) is 34.5 Å². The molecule has 50 heavy (non-hydrogen) atoms. The van der Waals surface area contributed by atoms with Crippen LogP contribution in [0, 0.1) is 34.9 Å². The van der Waals surface area contributed by atoms with Crippen LogP contribution in [0.1, 0.15) is 31.2 Å². The molecule has 2 aliphatic carbocycles. The fourth-order valence-corrected chi connectivity index (χ4v) is 8.95. The Labute approximate surface area is 285 Å². The van der Waals surface area contributed by atoms with Gasteiger partial charge in [-0.3, -0.25) is 24.1 Å². The number of nitrogens with zero attached hydrogens (tertiary/aromatic N) is 3. The van der Waals surface area contributed by atoms with Gasteiger partial charge in [0, 0.05) is 17.0 Å². The number of aromatic nitrogens is 1. The summed E-state index contributed by atoms with van der Waals surface area (Å²) in [5.41, 5.74) is 2.30. The van der Waals surface area contributed by atoms with E-state index < -0.39 is 64.3 Å². The summed E-state index contributed by atoms with van der Waals surface area (Å²) in [6.07, 6.45) is 2.24. The van der Waals surface area contributed by atoms with Crippen molar-refractivity contribution in [2.45, 2.75) is 25.7 Å². The van der Waals surface area contributed by atoms with Crippen molar-refractivity contribution in [3.63, 3.8) is 0 Å². The highest BCUT2D eigenvalue weighted by Gasteiger charge is 2.68. The van der Waals surface area contributed by atoms with Gasteiger partial charge in [0.1, 0.15) is 5.52 Å². The van der Waals surface area contributed by atoms with Gasteiger partial charge in [0.2, 0.25) is 29.5 Å². The molecule has 4 amide bonds. The fourth-order valence-electron chi connectivity index (χ4n) is 8.95. The first kappa shape index (κ1) is 30.2. The van der Waals surface area contributed by atoms with Crippen molar-refractivity contribution in [2.24, 2.45) is 29.1 Å². The molecule has 1 saturated carbocycles. The quantitative estimate of drug-likeness (QED) is 0.166. The van der Waals surface area contributed by atoms with E-state index in [0.29, 0.717) is 39.5 Å². The molecule has 9 rings (SSSR count). The van der Waals surface area contributed by atoms with Gasteiger partial charge in [-0.1, -0.05) is 54.1 Å². The van der Waals surface area contributed by atoms with Crippen LogP contribution in [0.4, 0.5) is 15.8 Å². The van der Waals surface area contributed by atoms with Crippen molar-refractivity contribution in [1.29, 1.82) is 0 Å². The minimum atomic E-state index is -1.39. The van der Waals surface area contributed by atoms with Gasteiger partial charge in [0.15, 0.2) is 17.1 Å². The van der Waals surface area contributed by atoms with Gasteiger partial charge in [-0.25, -0.2) is 14.3 Å². The highest BCUT2D eigenvalue weighted by molar-refractivity contribution is 6.25. The van der Waals surface area contributed by atoms with Crippen molar-refractivity contribution in [2.75, 3.05) is 9.80 Å². The number of imide groups is 2. The number of amides is 4. The van der Waals surface area contributed by atoms with Crippen LogP contribution in [-0.4, -0.2) is 33.7 Å². The third-order valence-corrected chi connectivity index (χ3v) is 11.3. The number of halogens is 1. The number of phenols is 1. The van der Waals surface area contributed by atoms with Crippen LogP contribution in [0.15, 0.2) is 113 Å². The van der Waals surface area contributed by atoms with Crippen LogP contribution in [0.25, 0.3) is 22.6 Å². The Balaban J connectivity index is 1.10. The summed E-state index contributed by atoms with van der Waals surface area (Å²) in [6, 6.07) is 27.1. The smallest absolute Gasteiger partial charge is 0.241 e. The summed E-state index contributed by atoms with van der Waals surface area (Å²) >= 11 is 0. The lowest BCUT2D eigenvalue weighted by molar-refractivity contribution is -0.131. The van der Waals surface area contributed by atoms with E-state index in [2.05, 4.69) is 4.98 Å². The van der Waals surface area contributed by atoms with Crippen LogP contribution in [0.2, 0.25) is 0 Å². The van der Waals surface area contributed by atoms with E-state index in [-0.39, 0.29) is 24.3 Å². The van der Waals surface area contributed by atoms with E-state index in [1.807, 2.05) is 30.3 Å². The van der Waals surface area contributed by atoms with Gasteiger partial charge < -0.3 is 9.52 Å². The van der Waals surface area contributed by atoms with E-state index in [4.69, 9.17) is 4.42 Å². The maximum Gasteiger partial charge on any atom is 0.241 e. The lowest BCUT2D eigenvalue weighted by atomic mass is 9.51. The second kappa shape index (κ2) is 10.8. The van der Waals surface area contributed by atoms with E-state index in [0.717, 1.165) is 6.07 Å². The van der Waals surface area contributed by atoms with Crippen molar-refractivity contribution in [3.05, 3.63) is 120 Å². The summed E-state index contributed by atoms with van der Waals surface area (Å²) in [6.45, 7) is 1.70. The first-order valence-electron chi connectivity index (χ1n) is 16.6. The summed E-state index contributed by atoms with van der Waals surface area (Å²) in [4.78, 5) is 64.1. The van der Waals surface area contributed by atoms with E-state index in [9.17, 15) is 28.7 Å². The van der Waals surface area contributed by atoms with Crippen LogP contribution < -0.4 is 9.80 Å². The SMILES string of the molecule is C[C@@]12C(=O)N(c3ccccc3)C(=O)[C@@H]1C[C@@H]1C(=CC[C@@H]3C(=O)N(c4ccc(-c5nc6ccccc6o5)cc4)C(=O)[C@@H]31)[C@@H]2c1cccc(F)c1O. The summed E-state index contributed by atoms with van der Waals surface area (Å²) in [5, 5.41) is 11.1. The number of allylic oxidation sites excluding steroid dienone is 2. The van der Waals surface area contributed by atoms with Crippen molar-refractivity contribution in [1.82, 2.24) is 4.98 Å². The number of aromatic hydroxyl groups is 1. The fraction of sp³-hybridized carbons (Fsp3) is 0.225. The molecule has 0 unspecified atom stereocenters. The molecule has 1 N–H and O–H groups in total. The highest BCUT2D eigenvalue weighted by atomic mass is 19.1. The molecular weight excluding hydrogens is 637 g/mol. The number of hydrogen-bond acceptors (Lipinski definition) is 7. The van der Waals surface area contributed by atoms with Gasteiger partial charge in [-0.2, -0.15) is 0 Å². The van der Waals surface area contributed by atoms with E-state index >= 15 is 0 Å². The molecule has 9 nitrogen and oxygen atoms in total. The Morgan fingerprint density at radius 1 is 0.800 bits per heavy atom. The molecule has 2 aliphatic heterocycles. The zero-order chi connectivity index (χ0) is 34.5. The standard InChI is InChI=1S/C40H30FN3O6/c1-40-28(37(47)44(39(40)49)22-8-3-2-4-9-22)20-27-24(33(40)26-10-7-11-29(41)34(26)45)18-19-25-32(27)38(48)43(36(25)46)23-16-14-21(15-17-23)35-42-30-12-5-6-13-31(30)50-35/h2-18,25,27-28,32-33,45H,19-20H2,1H3/t25-,27+,28-,32-,33+,40+/m0/s1. The largest absolute Gasteiger partial charge is 0.505 e. The lowest BCUT2D eigenvalue weighted by Gasteiger charge is -2.49. The Hall–Kier alpha value is -5.90. The third kappa shape index (κ3) is 4.08. The van der Waals surface area contributed by atoms with Gasteiger partial charge >= 0.3 is 0 Å². The molecule has 0 radical (unpaired) electrons. The second-order valence-corrected chi connectivity index (χ2v) is 13.7. The molecule has 248 valence electrons. The molecule has 4 aromatic carbocycles.